The molecule has 1 heterocycles. The van der Waals surface area contributed by atoms with E-state index in [0.29, 0.717) is 6.42 Å². The number of amides is 3. The highest BCUT2D eigenvalue weighted by Gasteiger charge is 2.35. The van der Waals surface area contributed by atoms with E-state index in [-0.39, 0.29) is 18.7 Å². The molecule has 3 amide bonds. The number of ether oxygens (including phenoxy) is 1. The molecule has 0 unspecified atom stereocenters. The molecule has 1 aliphatic heterocycles. The molecule has 0 saturated carbocycles. The molecule has 0 spiro atoms. The molecule has 1 saturated heterocycles. The third-order valence-electron chi connectivity index (χ3n) is 4.16. The largest absolute Gasteiger partial charge is 0.467 e. The van der Waals surface area contributed by atoms with Crippen LogP contribution in [0.15, 0.2) is 43.0 Å². The van der Waals surface area contributed by atoms with E-state index in [2.05, 4.69) is 27.3 Å². The lowest BCUT2D eigenvalue weighted by Gasteiger charge is -2.29. The quantitative estimate of drug-likeness (QED) is 0.433. The molecule has 0 aliphatic carbocycles. The number of hydrogen-bond donors (Lipinski definition) is 3. The molecule has 1 aliphatic rings. The molecule has 3 N–H and O–H groups in total. The summed E-state index contributed by atoms with van der Waals surface area (Å²) in [6.45, 7) is 3.52. The van der Waals surface area contributed by atoms with Gasteiger partial charge >= 0.3 is 5.97 Å². The molecule has 2 rings (SSSR count). The van der Waals surface area contributed by atoms with E-state index in [0.717, 1.165) is 5.56 Å². The lowest BCUT2D eigenvalue weighted by molar-refractivity contribution is -0.145. The summed E-state index contributed by atoms with van der Waals surface area (Å²) >= 11 is 0. The Morgan fingerprint density at radius 1 is 1.19 bits per heavy atom. The molecule has 1 aromatic carbocycles. The van der Waals surface area contributed by atoms with Crippen LogP contribution in [0.3, 0.4) is 0 Å². The summed E-state index contributed by atoms with van der Waals surface area (Å²) in [5.41, 5.74) is 0.916. The van der Waals surface area contributed by atoms with Crippen LogP contribution >= 0.6 is 0 Å². The summed E-state index contributed by atoms with van der Waals surface area (Å²) in [7, 11) is 1.21. The van der Waals surface area contributed by atoms with Crippen molar-refractivity contribution in [2.45, 2.75) is 37.4 Å². The minimum absolute atomic E-state index is 0.195. The maximum Gasteiger partial charge on any atom is 0.328 e. The van der Waals surface area contributed by atoms with Gasteiger partial charge in [0.15, 0.2) is 0 Å². The molecule has 144 valence electrons. The van der Waals surface area contributed by atoms with E-state index in [1.54, 1.807) is 0 Å². The van der Waals surface area contributed by atoms with Crippen molar-refractivity contribution in [2.24, 2.45) is 0 Å². The van der Waals surface area contributed by atoms with Gasteiger partial charge in [-0.05, 0) is 12.0 Å². The summed E-state index contributed by atoms with van der Waals surface area (Å²) in [6, 6.07) is 6.74. The minimum Gasteiger partial charge on any atom is -0.467 e. The second-order valence-electron chi connectivity index (χ2n) is 6.18. The summed E-state index contributed by atoms with van der Waals surface area (Å²) in [5, 5.41) is 7.70. The van der Waals surface area contributed by atoms with Crippen molar-refractivity contribution < 1.29 is 23.9 Å². The Morgan fingerprint density at radius 3 is 2.44 bits per heavy atom. The lowest BCUT2D eigenvalue weighted by atomic mass is 10.0. The van der Waals surface area contributed by atoms with E-state index < -0.39 is 35.9 Å². The molecule has 3 atom stereocenters. The third-order valence-corrected chi connectivity index (χ3v) is 4.16. The highest BCUT2D eigenvalue weighted by Crippen LogP contribution is 2.09. The molecule has 8 heteroatoms. The van der Waals surface area contributed by atoms with E-state index in [1.165, 1.54) is 13.2 Å². The van der Waals surface area contributed by atoms with Crippen molar-refractivity contribution in [1.29, 1.82) is 0 Å². The fourth-order valence-electron chi connectivity index (χ4n) is 2.77. The van der Waals surface area contributed by atoms with Gasteiger partial charge in [-0.1, -0.05) is 36.4 Å². The Kier molecular flexibility index (Phi) is 7.10. The van der Waals surface area contributed by atoms with Crippen LogP contribution in [0, 0.1) is 0 Å². The summed E-state index contributed by atoms with van der Waals surface area (Å²) in [4.78, 5) is 48.3. The Balaban J connectivity index is 1.92. The number of hydrogen-bond acceptors (Lipinski definition) is 5. The van der Waals surface area contributed by atoms with Crippen molar-refractivity contribution in [2.75, 3.05) is 7.11 Å². The van der Waals surface area contributed by atoms with E-state index in [4.69, 9.17) is 0 Å². The smallest absolute Gasteiger partial charge is 0.328 e. The zero-order valence-electron chi connectivity index (χ0n) is 15.1. The maximum atomic E-state index is 12.3. The first-order valence-electron chi connectivity index (χ1n) is 8.57. The van der Waals surface area contributed by atoms with Crippen molar-refractivity contribution in [3.8, 4) is 0 Å². The number of piperazine rings is 1. The molecular formula is C19H23N3O5. The number of nitrogens with one attached hydrogen (secondary N) is 3. The zero-order valence-corrected chi connectivity index (χ0v) is 15.1. The predicted molar refractivity (Wildman–Crippen MR) is 97.4 cm³/mol. The number of methoxy groups -OCH3 is 1. The second kappa shape index (κ2) is 9.51. The van der Waals surface area contributed by atoms with Gasteiger partial charge in [-0.15, -0.1) is 6.58 Å². The van der Waals surface area contributed by atoms with Gasteiger partial charge in [-0.25, -0.2) is 4.79 Å². The predicted octanol–water partition coefficient (Wildman–Crippen LogP) is -0.164. The average molecular weight is 373 g/mol. The normalized spacial score (nSPS) is 20.0. The van der Waals surface area contributed by atoms with Gasteiger partial charge < -0.3 is 20.7 Å². The Bertz CT molecular complexity index is 719. The molecule has 0 bridgehead atoms. The van der Waals surface area contributed by atoms with Crippen molar-refractivity contribution in [1.82, 2.24) is 16.0 Å². The van der Waals surface area contributed by atoms with Crippen molar-refractivity contribution in [3.63, 3.8) is 0 Å². The second-order valence-corrected chi connectivity index (χ2v) is 6.18. The zero-order chi connectivity index (χ0) is 19.8. The lowest BCUT2D eigenvalue weighted by Crippen LogP contribution is -2.63. The maximum absolute atomic E-state index is 12.3. The molecule has 1 aromatic rings. The molecular weight excluding hydrogens is 350 g/mol. The van der Waals surface area contributed by atoms with Crippen LogP contribution in [0.25, 0.3) is 0 Å². The first-order chi connectivity index (χ1) is 12.9. The van der Waals surface area contributed by atoms with Crippen LogP contribution in [-0.2, 0) is 30.3 Å². The van der Waals surface area contributed by atoms with Gasteiger partial charge in [0, 0.05) is 6.42 Å². The summed E-state index contributed by atoms with van der Waals surface area (Å²) in [5.74, 6) is -1.95. The number of carbonyl (C=O) groups is 4. The molecule has 27 heavy (non-hydrogen) atoms. The van der Waals surface area contributed by atoms with Gasteiger partial charge in [0.1, 0.15) is 18.1 Å². The van der Waals surface area contributed by atoms with Gasteiger partial charge in [0.05, 0.1) is 13.5 Å². The van der Waals surface area contributed by atoms with E-state index in [1.807, 2.05) is 30.3 Å². The fraction of sp³-hybridized carbons (Fsp3) is 0.368. The number of carbonyl (C=O) groups excluding carboxylic acids is 4. The Morgan fingerprint density at radius 2 is 1.81 bits per heavy atom. The highest BCUT2D eigenvalue weighted by molar-refractivity contribution is 5.99. The summed E-state index contributed by atoms with van der Waals surface area (Å²) in [6.07, 6.45) is 1.76. The van der Waals surface area contributed by atoms with Gasteiger partial charge in [0.25, 0.3) is 0 Å². The standard InChI is InChI=1S/C19H23N3O5/c1-3-7-13(19(26)27-2)20-16(23)11-15-18(25)21-14(17(24)22-15)10-12-8-5-4-6-9-12/h3-6,8-9,13-15H,1,7,10-11H2,2H3,(H,20,23)(H,21,25)(H,22,24)/t13-,14+,15+/m1/s1. The van der Waals surface area contributed by atoms with Crippen molar-refractivity contribution in [3.05, 3.63) is 48.6 Å². The molecule has 1 fully saturated rings. The van der Waals surface area contributed by atoms with Gasteiger partial charge in [-0.3, -0.25) is 14.4 Å². The fourth-order valence-corrected chi connectivity index (χ4v) is 2.77. The van der Waals surface area contributed by atoms with Crippen LogP contribution in [-0.4, -0.2) is 48.9 Å². The third kappa shape index (κ3) is 5.67. The first-order valence-corrected chi connectivity index (χ1v) is 8.57. The highest BCUT2D eigenvalue weighted by atomic mass is 16.5. The topological polar surface area (TPSA) is 114 Å². The van der Waals surface area contributed by atoms with Crippen LogP contribution < -0.4 is 16.0 Å². The number of rotatable bonds is 8. The van der Waals surface area contributed by atoms with Crippen molar-refractivity contribution >= 4 is 23.7 Å². The van der Waals surface area contributed by atoms with Crippen LogP contribution in [0.1, 0.15) is 18.4 Å². The molecule has 0 radical (unpaired) electrons. The van der Waals surface area contributed by atoms with Crippen LogP contribution in [0.4, 0.5) is 0 Å². The number of esters is 1. The Labute approximate surface area is 157 Å². The molecule has 8 nitrogen and oxygen atoms in total. The van der Waals surface area contributed by atoms with E-state index >= 15 is 0 Å². The van der Waals surface area contributed by atoms with Crippen LogP contribution in [0.5, 0.6) is 0 Å². The monoisotopic (exact) mass is 373 g/mol. The van der Waals surface area contributed by atoms with Gasteiger partial charge in [-0.2, -0.15) is 0 Å². The minimum atomic E-state index is -0.994. The molecule has 0 aromatic heterocycles. The average Bonchev–Trinajstić information content (AvgIpc) is 2.65. The number of benzene rings is 1. The van der Waals surface area contributed by atoms with Gasteiger partial charge in [0.2, 0.25) is 17.7 Å². The Hall–Kier alpha value is -3.16. The SMILES string of the molecule is C=CC[C@@H](NC(=O)C[C@@H]1NC(=O)[C@H](Cc2ccccc2)NC1=O)C(=O)OC. The summed E-state index contributed by atoms with van der Waals surface area (Å²) < 4.78 is 4.61. The first kappa shape index (κ1) is 20.2. The van der Waals surface area contributed by atoms with Crippen LogP contribution in [0.2, 0.25) is 0 Å². The van der Waals surface area contributed by atoms with E-state index in [9.17, 15) is 19.2 Å².